The molecule has 0 aliphatic carbocycles. The van der Waals surface area contributed by atoms with Gasteiger partial charge in [-0.2, -0.15) is 0 Å². The minimum absolute atomic E-state index is 0.0252. The molecule has 6 nitrogen and oxygen atoms in total. The van der Waals surface area contributed by atoms with Gasteiger partial charge in [0.2, 0.25) is 5.91 Å². The molecule has 1 aliphatic rings. The Kier molecular flexibility index (Phi) is 3.52. The fraction of sp³-hybridized carbons (Fsp3) is 0.778. The Morgan fingerprint density at radius 1 is 1.47 bits per heavy atom. The van der Waals surface area contributed by atoms with Crippen molar-refractivity contribution in [2.24, 2.45) is 11.7 Å². The lowest BCUT2D eigenvalue weighted by Gasteiger charge is -2.38. The number of hydrogen-bond acceptors (Lipinski definition) is 3. The lowest BCUT2D eigenvalue weighted by atomic mass is 10.0. The number of carbonyl (C=O) groups is 2. The van der Waals surface area contributed by atoms with Crippen LogP contribution in [-0.2, 0) is 4.79 Å². The number of nitrogens with two attached hydrogens (primary N) is 1. The number of likely N-dealkylation sites (tertiary alicyclic amines) is 1. The monoisotopic (exact) mass is 215 g/mol. The highest BCUT2D eigenvalue weighted by atomic mass is 16.3. The van der Waals surface area contributed by atoms with Gasteiger partial charge in [0.25, 0.3) is 0 Å². The van der Waals surface area contributed by atoms with Crippen molar-refractivity contribution in [2.45, 2.75) is 26.0 Å². The summed E-state index contributed by atoms with van der Waals surface area (Å²) in [7, 11) is 0. The summed E-state index contributed by atoms with van der Waals surface area (Å²) >= 11 is 0. The molecule has 1 unspecified atom stereocenters. The average Bonchev–Trinajstić information content (AvgIpc) is 2.07. The van der Waals surface area contributed by atoms with Crippen molar-refractivity contribution >= 4 is 11.9 Å². The standard InChI is InChI=1S/C9H17N3O3/c1-5(2)7(11-9(10)15)8(14)12-3-6(13)4-12/h5-7,13H,3-4H2,1-2H3,(H3,10,11,15). The molecule has 0 aromatic carbocycles. The van der Waals surface area contributed by atoms with E-state index in [9.17, 15) is 9.59 Å². The van der Waals surface area contributed by atoms with Crippen LogP contribution in [0.15, 0.2) is 0 Å². The third-order valence-corrected chi connectivity index (χ3v) is 2.40. The molecule has 0 bridgehead atoms. The molecule has 0 aromatic heterocycles. The highest BCUT2D eigenvalue weighted by Gasteiger charge is 2.35. The van der Waals surface area contributed by atoms with Crippen molar-refractivity contribution < 1.29 is 14.7 Å². The lowest BCUT2D eigenvalue weighted by Crippen LogP contribution is -2.60. The topological polar surface area (TPSA) is 95.7 Å². The van der Waals surface area contributed by atoms with Crippen LogP contribution in [0.4, 0.5) is 4.79 Å². The van der Waals surface area contributed by atoms with Crippen LogP contribution in [0.5, 0.6) is 0 Å². The lowest BCUT2D eigenvalue weighted by molar-refractivity contribution is -0.144. The van der Waals surface area contributed by atoms with Crippen LogP contribution in [0.3, 0.4) is 0 Å². The van der Waals surface area contributed by atoms with E-state index >= 15 is 0 Å². The minimum Gasteiger partial charge on any atom is -0.389 e. The van der Waals surface area contributed by atoms with E-state index in [-0.39, 0.29) is 11.8 Å². The third-order valence-electron chi connectivity index (χ3n) is 2.40. The molecule has 6 heteroatoms. The first-order valence-corrected chi connectivity index (χ1v) is 4.94. The van der Waals surface area contributed by atoms with Gasteiger partial charge in [-0.25, -0.2) is 4.79 Å². The molecule has 0 aromatic rings. The van der Waals surface area contributed by atoms with E-state index in [0.29, 0.717) is 13.1 Å². The van der Waals surface area contributed by atoms with Gasteiger partial charge in [0.15, 0.2) is 0 Å². The Morgan fingerprint density at radius 3 is 2.33 bits per heavy atom. The highest BCUT2D eigenvalue weighted by Crippen LogP contribution is 2.13. The summed E-state index contributed by atoms with van der Waals surface area (Å²) in [4.78, 5) is 24.0. The average molecular weight is 215 g/mol. The number of rotatable bonds is 3. The van der Waals surface area contributed by atoms with Gasteiger partial charge in [0.1, 0.15) is 6.04 Å². The minimum atomic E-state index is -0.705. The Hall–Kier alpha value is -1.30. The molecule has 0 saturated carbocycles. The summed E-state index contributed by atoms with van der Waals surface area (Å²) in [6.45, 7) is 4.33. The smallest absolute Gasteiger partial charge is 0.312 e. The van der Waals surface area contributed by atoms with Crippen LogP contribution >= 0.6 is 0 Å². The zero-order chi connectivity index (χ0) is 11.6. The van der Waals surface area contributed by atoms with Crippen molar-refractivity contribution in [3.05, 3.63) is 0 Å². The van der Waals surface area contributed by atoms with E-state index < -0.39 is 18.2 Å². The maximum Gasteiger partial charge on any atom is 0.312 e. The Labute approximate surface area is 88.4 Å². The summed E-state index contributed by atoms with van der Waals surface area (Å²) in [5, 5.41) is 11.5. The quantitative estimate of drug-likeness (QED) is 0.556. The SMILES string of the molecule is CC(C)C(NC(N)=O)C(=O)N1CC(O)C1. The number of carbonyl (C=O) groups excluding carboxylic acids is 2. The molecule has 86 valence electrons. The molecule has 1 atom stereocenters. The second kappa shape index (κ2) is 4.48. The van der Waals surface area contributed by atoms with Crippen LogP contribution in [0.1, 0.15) is 13.8 Å². The summed E-state index contributed by atoms with van der Waals surface area (Å²) < 4.78 is 0. The third kappa shape index (κ3) is 2.82. The van der Waals surface area contributed by atoms with E-state index in [4.69, 9.17) is 10.8 Å². The van der Waals surface area contributed by atoms with Crippen LogP contribution in [-0.4, -0.2) is 47.2 Å². The van der Waals surface area contributed by atoms with Gasteiger partial charge in [-0.05, 0) is 5.92 Å². The highest BCUT2D eigenvalue weighted by molar-refractivity contribution is 5.87. The molecule has 4 N–H and O–H groups in total. The molecule has 0 spiro atoms. The van der Waals surface area contributed by atoms with Crippen LogP contribution < -0.4 is 11.1 Å². The molecule has 1 heterocycles. The molecule has 1 rings (SSSR count). The van der Waals surface area contributed by atoms with Gasteiger partial charge in [0.05, 0.1) is 6.10 Å². The summed E-state index contributed by atoms with van der Waals surface area (Å²) in [6.07, 6.45) is -0.435. The maximum absolute atomic E-state index is 11.8. The van der Waals surface area contributed by atoms with Gasteiger partial charge < -0.3 is 21.1 Å². The van der Waals surface area contributed by atoms with Crippen molar-refractivity contribution in [3.8, 4) is 0 Å². The number of nitrogens with one attached hydrogen (secondary N) is 1. The van der Waals surface area contributed by atoms with Crippen LogP contribution in [0.25, 0.3) is 0 Å². The van der Waals surface area contributed by atoms with E-state index in [1.807, 2.05) is 13.8 Å². The molecular weight excluding hydrogens is 198 g/mol. The number of aliphatic hydroxyl groups is 1. The van der Waals surface area contributed by atoms with Crippen molar-refractivity contribution in [3.63, 3.8) is 0 Å². The Balaban J connectivity index is 2.55. The van der Waals surface area contributed by atoms with E-state index in [1.165, 1.54) is 4.90 Å². The fourth-order valence-electron chi connectivity index (χ4n) is 1.50. The van der Waals surface area contributed by atoms with Crippen LogP contribution in [0.2, 0.25) is 0 Å². The number of hydrogen-bond donors (Lipinski definition) is 3. The largest absolute Gasteiger partial charge is 0.389 e. The maximum atomic E-state index is 11.8. The molecule has 15 heavy (non-hydrogen) atoms. The predicted molar refractivity (Wildman–Crippen MR) is 53.9 cm³/mol. The number of primary amides is 1. The van der Waals surface area contributed by atoms with Crippen molar-refractivity contribution in [1.82, 2.24) is 10.2 Å². The number of urea groups is 1. The van der Waals surface area contributed by atoms with Crippen LogP contribution in [0, 0.1) is 5.92 Å². The summed E-state index contributed by atoms with van der Waals surface area (Å²) in [5.74, 6) is -0.211. The van der Waals surface area contributed by atoms with Gasteiger partial charge in [-0.1, -0.05) is 13.8 Å². The Bertz CT molecular complexity index is 261. The molecule has 1 aliphatic heterocycles. The van der Waals surface area contributed by atoms with Gasteiger partial charge >= 0.3 is 6.03 Å². The fourth-order valence-corrected chi connectivity index (χ4v) is 1.50. The van der Waals surface area contributed by atoms with E-state index in [1.54, 1.807) is 0 Å². The summed E-state index contributed by atoms with van der Waals surface area (Å²) in [5.41, 5.74) is 4.99. The zero-order valence-electron chi connectivity index (χ0n) is 8.93. The number of amides is 3. The first kappa shape index (κ1) is 11.8. The first-order valence-electron chi connectivity index (χ1n) is 4.94. The second-order valence-corrected chi connectivity index (χ2v) is 4.13. The van der Waals surface area contributed by atoms with E-state index in [0.717, 1.165) is 0 Å². The number of nitrogens with zero attached hydrogens (tertiary/aromatic N) is 1. The molecule has 1 fully saturated rings. The zero-order valence-corrected chi connectivity index (χ0v) is 8.93. The number of β-amino-alcohol motifs (C(OH)–C–C–N with tert-alkyl or cyclic N) is 1. The second-order valence-electron chi connectivity index (χ2n) is 4.13. The van der Waals surface area contributed by atoms with Gasteiger partial charge in [-0.3, -0.25) is 4.79 Å². The molecule has 0 radical (unpaired) electrons. The molecular formula is C9H17N3O3. The van der Waals surface area contributed by atoms with E-state index in [2.05, 4.69) is 5.32 Å². The van der Waals surface area contributed by atoms with Gasteiger partial charge in [0, 0.05) is 13.1 Å². The Morgan fingerprint density at radius 2 is 2.00 bits per heavy atom. The predicted octanol–water partition coefficient (Wildman–Crippen LogP) is -1.12. The molecule has 1 saturated heterocycles. The first-order chi connectivity index (χ1) is 6.91. The van der Waals surface area contributed by atoms with Crippen molar-refractivity contribution in [2.75, 3.05) is 13.1 Å². The number of aliphatic hydroxyl groups excluding tert-OH is 1. The van der Waals surface area contributed by atoms with Crippen molar-refractivity contribution in [1.29, 1.82) is 0 Å². The van der Waals surface area contributed by atoms with Gasteiger partial charge in [-0.15, -0.1) is 0 Å². The normalized spacial score (nSPS) is 18.5. The summed E-state index contributed by atoms with van der Waals surface area (Å²) in [6, 6.07) is -1.31. The molecule has 3 amide bonds.